The number of nitrogens with one attached hydrogen (secondary N) is 1. The van der Waals surface area contributed by atoms with Gasteiger partial charge in [0.2, 0.25) is 6.79 Å². The molecule has 26 heavy (non-hydrogen) atoms. The number of anilines is 1. The molecule has 3 aliphatic rings. The van der Waals surface area contributed by atoms with E-state index < -0.39 is 0 Å². The maximum absolute atomic E-state index is 12.8. The topological polar surface area (TPSA) is 47.6 Å². The molecule has 2 aliphatic heterocycles. The molecule has 1 atom stereocenters. The average Bonchev–Trinajstić information content (AvgIpc) is 3.08. The minimum absolute atomic E-state index is 0.179. The summed E-state index contributed by atoms with van der Waals surface area (Å²) in [5.41, 5.74) is 4.69. The highest BCUT2D eigenvalue weighted by Gasteiger charge is 2.36. The van der Waals surface area contributed by atoms with Crippen molar-refractivity contribution >= 4 is 34.7 Å². The van der Waals surface area contributed by atoms with Crippen LogP contribution in [0.2, 0.25) is 10.0 Å². The van der Waals surface area contributed by atoms with Crippen molar-refractivity contribution in [3.63, 3.8) is 0 Å². The van der Waals surface area contributed by atoms with E-state index in [0.29, 0.717) is 22.2 Å². The highest BCUT2D eigenvalue weighted by Crippen LogP contribution is 2.49. The van der Waals surface area contributed by atoms with Crippen LogP contribution in [0.4, 0.5) is 5.69 Å². The number of fused-ring (bicyclic) bond motifs is 2. The molecule has 0 spiro atoms. The Balaban J connectivity index is 1.74. The van der Waals surface area contributed by atoms with Crippen molar-refractivity contribution in [2.75, 3.05) is 12.1 Å². The summed E-state index contributed by atoms with van der Waals surface area (Å²) in [4.78, 5) is 12.8. The highest BCUT2D eigenvalue weighted by molar-refractivity contribution is 6.42. The van der Waals surface area contributed by atoms with Crippen LogP contribution in [-0.2, 0) is 4.79 Å². The van der Waals surface area contributed by atoms with Gasteiger partial charge < -0.3 is 14.8 Å². The number of Topliss-reactive ketones (excluding diaryl/α,β-unsaturated/α-hetero) is 1. The molecule has 0 saturated carbocycles. The summed E-state index contributed by atoms with van der Waals surface area (Å²) in [6, 6.07) is 9.47. The molecule has 2 aromatic rings. The van der Waals surface area contributed by atoms with E-state index in [4.69, 9.17) is 32.7 Å². The molecule has 1 aliphatic carbocycles. The summed E-state index contributed by atoms with van der Waals surface area (Å²) >= 11 is 12.4. The van der Waals surface area contributed by atoms with E-state index in [1.54, 1.807) is 6.07 Å². The van der Waals surface area contributed by atoms with E-state index in [2.05, 4.69) is 5.32 Å². The molecule has 1 unspecified atom stereocenters. The van der Waals surface area contributed by atoms with Crippen LogP contribution < -0.4 is 14.8 Å². The lowest BCUT2D eigenvalue weighted by atomic mass is 9.75. The second-order valence-electron chi connectivity index (χ2n) is 6.69. The molecule has 1 N–H and O–H groups in total. The second kappa shape index (κ2) is 5.93. The van der Waals surface area contributed by atoms with Gasteiger partial charge in [0.25, 0.3) is 0 Å². The zero-order chi connectivity index (χ0) is 17.8. The third-order valence-corrected chi connectivity index (χ3v) is 5.90. The van der Waals surface area contributed by atoms with Gasteiger partial charge in [-0.2, -0.15) is 0 Å². The molecule has 2 aromatic carbocycles. The molecule has 0 radical (unpaired) electrons. The number of halogens is 2. The average molecular weight is 388 g/mol. The Bertz CT molecular complexity index is 983. The number of hydrogen-bond donors (Lipinski definition) is 1. The van der Waals surface area contributed by atoms with Crippen molar-refractivity contribution < 1.29 is 14.3 Å². The van der Waals surface area contributed by atoms with E-state index in [1.165, 1.54) is 0 Å². The van der Waals surface area contributed by atoms with Gasteiger partial charge >= 0.3 is 0 Å². The summed E-state index contributed by atoms with van der Waals surface area (Å²) in [5, 5.41) is 4.43. The fraction of sp³-hybridized carbons (Fsp3) is 0.250. The van der Waals surface area contributed by atoms with Crippen molar-refractivity contribution in [3.05, 3.63) is 62.8 Å². The molecule has 0 aromatic heterocycles. The standard InChI is InChI=1S/C20H15Cl2NO3/c21-12-5-4-10(6-13(12)22)19-11-7-17-18(26-9-25-17)8-15(11)23-14-2-1-3-16(24)20(14)19/h4-8,19,23H,1-3,9H2. The van der Waals surface area contributed by atoms with Crippen molar-refractivity contribution in [2.45, 2.75) is 25.2 Å². The molecule has 0 amide bonds. The van der Waals surface area contributed by atoms with Crippen molar-refractivity contribution in [2.24, 2.45) is 0 Å². The number of rotatable bonds is 1. The van der Waals surface area contributed by atoms with Crippen LogP contribution in [0.3, 0.4) is 0 Å². The molecule has 2 heterocycles. The van der Waals surface area contributed by atoms with Crippen molar-refractivity contribution in [3.8, 4) is 11.5 Å². The van der Waals surface area contributed by atoms with E-state index >= 15 is 0 Å². The lowest BCUT2D eigenvalue weighted by Crippen LogP contribution is -2.26. The van der Waals surface area contributed by atoms with Crippen LogP contribution in [0, 0.1) is 0 Å². The van der Waals surface area contributed by atoms with Gasteiger partial charge in [0.15, 0.2) is 17.3 Å². The van der Waals surface area contributed by atoms with E-state index in [-0.39, 0.29) is 18.5 Å². The number of carbonyl (C=O) groups excluding carboxylic acids is 1. The Labute approximate surface area is 160 Å². The SMILES string of the molecule is O=C1CCCC2=C1C(c1ccc(Cl)c(Cl)c1)c1cc3c(cc1N2)OCO3. The Hall–Kier alpha value is -2.17. The molecule has 5 rings (SSSR count). The van der Waals surface area contributed by atoms with Gasteiger partial charge in [-0.15, -0.1) is 0 Å². The fourth-order valence-electron chi connectivity index (χ4n) is 3.99. The Morgan fingerprint density at radius 1 is 1.00 bits per heavy atom. The van der Waals surface area contributed by atoms with E-state index in [1.807, 2.05) is 24.3 Å². The van der Waals surface area contributed by atoms with Crippen LogP contribution in [0.25, 0.3) is 0 Å². The molecule has 132 valence electrons. The third kappa shape index (κ3) is 2.40. The van der Waals surface area contributed by atoms with Gasteiger partial charge in [-0.25, -0.2) is 0 Å². The molecule has 6 heteroatoms. The van der Waals surface area contributed by atoms with Crippen molar-refractivity contribution in [1.29, 1.82) is 0 Å². The second-order valence-corrected chi connectivity index (χ2v) is 7.51. The summed E-state index contributed by atoms with van der Waals surface area (Å²) in [5.74, 6) is 1.40. The van der Waals surface area contributed by atoms with E-state index in [0.717, 1.165) is 46.7 Å². The number of ether oxygens (including phenoxy) is 2. The maximum Gasteiger partial charge on any atom is 0.231 e. The third-order valence-electron chi connectivity index (χ3n) is 5.16. The predicted octanol–water partition coefficient (Wildman–Crippen LogP) is 5.29. The van der Waals surface area contributed by atoms with Gasteiger partial charge in [-0.3, -0.25) is 4.79 Å². The van der Waals surface area contributed by atoms with Crippen molar-refractivity contribution in [1.82, 2.24) is 0 Å². The van der Waals surface area contributed by atoms with Crippen LogP contribution >= 0.6 is 23.2 Å². The first-order valence-corrected chi connectivity index (χ1v) is 9.29. The minimum atomic E-state index is -0.196. The van der Waals surface area contributed by atoms with Crippen LogP contribution in [0.1, 0.15) is 36.3 Å². The lowest BCUT2D eigenvalue weighted by Gasteiger charge is -2.34. The Kier molecular flexibility index (Phi) is 3.66. The summed E-state index contributed by atoms with van der Waals surface area (Å²) < 4.78 is 11.1. The predicted molar refractivity (Wildman–Crippen MR) is 100 cm³/mol. The zero-order valence-electron chi connectivity index (χ0n) is 13.8. The Morgan fingerprint density at radius 3 is 2.62 bits per heavy atom. The molecule has 0 fully saturated rings. The molecule has 0 saturated heterocycles. The van der Waals surface area contributed by atoms with Crippen LogP contribution in [0.5, 0.6) is 11.5 Å². The van der Waals surface area contributed by atoms with E-state index in [9.17, 15) is 4.79 Å². The number of hydrogen-bond acceptors (Lipinski definition) is 4. The number of benzene rings is 2. The normalized spacial score (nSPS) is 20.5. The zero-order valence-corrected chi connectivity index (χ0v) is 15.3. The number of ketones is 1. The van der Waals surface area contributed by atoms with Crippen LogP contribution in [0.15, 0.2) is 41.6 Å². The van der Waals surface area contributed by atoms with Gasteiger partial charge in [0, 0.05) is 35.4 Å². The summed E-state index contributed by atoms with van der Waals surface area (Å²) in [7, 11) is 0. The molecule has 4 nitrogen and oxygen atoms in total. The lowest BCUT2D eigenvalue weighted by molar-refractivity contribution is -0.116. The largest absolute Gasteiger partial charge is 0.454 e. The summed E-state index contributed by atoms with van der Waals surface area (Å²) in [6.45, 7) is 0.210. The van der Waals surface area contributed by atoms with Gasteiger partial charge in [-0.05, 0) is 42.2 Å². The van der Waals surface area contributed by atoms with Gasteiger partial charge in [0.1, 0.15) is 0 Å². The fourth-order valence-corrected chi connectivity index (χ4v) is 4.30. The molecular weight excluding hydrogens is 373 g/mol. The highest BCUT2D eigenvalue weighted by atomic mass is 35.5. The molecule has 0 bridgehead atoms. The first kappa shape index (κ1) is 16.0. The monoisotopic (exact) mass is 387 g/mol. The van der Waals surface area contributed by atoms with Gasteiger partial charge in [0.05, 0.1) is 10.0 Å². The smallest absolute Gasteiger partial charge is 0.231 e. The maximum atomic E-state index is 12.8. The number of allylic oxidation sites excluding steroid dienone is 2. The first-order valence-electron chi connectivity index (χ1n) is 8.53. The summed E-state index contributed by atoms with van der Waals surface area (Å²) in [6.07, 6.45) is 2.28. The quantitative estimate of drug-likeness (QED) is 0.722. The molecular formula is C20H15Cl2NO3. The van der Waals surface area contributed by atoms with Crippen LogP contribution in [-0.4, -0.2) is 12.6 Å². The van der Waals surface area contributed by atoms with Gasteiger partial charge in [-0.1, -0.05) is 29.3 Å². The number of carbonyl (C=O) groups is 1. The first-order chi connectivity index (χ1) is 12.6. The Morgan fingerprint density at radius 2 is 1.81 bits per heavy atom. The minimum Gasteiger partial charge on any atom is -0.454 e.